The molecule has 2 rings (SSSR count). The summed E-state index contributed by atoms with van der Waals surface area (Å²) in [6.45, 7) is 3.92. The molecule has 2 N–H and O–H groups in total. The summed E-state index contributed by atoms with van der Waals surface area (Å²) >= 11 is 0. The summed E-state index contributed by atoms with van der Waals surface area (Å²) in [5.74, 6) is 0.514. The Hall–Kier alpha value is -2.75. The minimum atomic E-state index is -0.0109. The highest BCUT2D eigenvalue weighted by molar-refractivity contribution is 6.14. The minimum absolute atomic E-state index is 0.0109. The number of benzene rings is 2. The Labute approximate surface area is 117 Å². The van der Waals surface area contributed by atoms with Gasteiger partial charge in [0.25, 0.3) is 0 Å². The van der Waals surface area contributed by atoms with Crippen LogP contribution in [0.15, 0.2) is 66.3 Å². The highest BCUT2D eigenvalue weighted by atomic mass is 16.5. The largest absolute Gasteiger partial charge is 0.507 e. The summed E-state index contributed by atoms with van der Waals surface area (Å²) in [6, 6.07) is 14.0. The Kier molecular flexibility index (Phi) is 4.39. The second kappa shape index (κ2) is 6.43. The van der Waals surface area contributed by atoms with Crippen molar-refractivity contribution in [1.29, 1.82) is 0 Å². The number of ether oxygens (including phenoxy) is 1. The summed E-state index contributed by atoms with van der Waals surface area (Å²) in [5.41, 5.74) is 1.45. The van der Waals surface area contributed by atoms with E-state index in [9.17, 15) is 10.3 Å². The van der Waals surface area contributed by atoms with Crippen LogP contribution in [0.2, 0.25) is 0 Å². The fourth-order valence-corrected chi connectivity index (χ4v) is 1.82. The van der Waals surface area contributed by atoms with Crippen molar-refractivity contribution < 1.29 is 15.1 Å². The SMILES string of the molecule is C=CCOc1ccc(/C(=N\O)c2ccccc2)c(O)c1. The first-order chi connectivity index (χ1) is 9.76. The Balaban J connectivity index is 2.34. The second-order valence-corrected chi connectivity index (χ2v) is 4.09. The van der Waals surface area contributed by atoms with Crippen molar-refractivity contribution in [2.75, 3.05) is 6.61 Å². The first-order valence-electron chi connectivity index (χ1n) is 6.11. The molecule has 0 aromatic heterocycles. The number of hydrogen-bond donors (Lipinski definition) is 2. The standard InChI is InChI=1S/C16H15NO3/c1-2-10-20-13-8-9-14(15(18)11-13)16(17-19)12-6-4-3-5-7-12/h2-9,11,18-19H,1,10H2/b17-16-. The van der Waals surface area contributed by atoms with E-state index in [4.69, 9.17) is 4.74 Å². The molecule has 0 fully saturated rings. The van der Waals surface area contributed by atoms with Gasteiger partial charge in [-0.05, 0) is 12.1 Å². The Bertz CT molecular complexity index is 621. The number of nitrogens with zero attached hydrogens (tertiary/aromatic N) is 1. The van der Waals surface area contributed by atoms with Crippen molar-refractivity contribution in [3.05, 3.63) is 72.3 Å². The highest BCUT2D eigenvalue weighted by Gasteiger charge is 2.12. The van der Waals surface area contributed by atoms with E-state index < -0.39 is 0 Å². The maximum absolute atomic E-state index is 10.1. The molecule has 4 heteroatoms. The zero-order chi connectivity index (χ0) is 14.4. The van der Waals surface area contributed by atoms with Gasteiger partial charge in [0.15, 0.2) is 0 Å². The quantitative estimate of drug-likeness (QED) is 0.379. The van der Waals surface area contributed by atoms with Gasteiger partial charge in [-0.15, -0.1) is 0 Å². The summed E-state index contributed by atoms with van der Waals surface area (Å²) in [6.07, 6.45) is 1.62. The van der Waals surface area contributed by atoms with Gasteiger partial charge in [-0.2, -0.15) is 0 Å². The van der Waals surface area contributed by atoms with Gasteiger partial charge in [-0.1, -0.05) is 48.1 Å². The van der Waals surface area contributed by atoms with Crippen LogP contribution >= 0.6 is 0 Å². The maximum atomic E-state index is 10.1. The average Bonchev–Trinajstić information content (AvgIpc) is 2.49. The molecule has 0 unspecified atom stereocenters. The molecule has 0 spiro atoms. The Morgan fingerprint density at radius 3 is 2.55 bits per heavy atom. The predicted molar refractivity (Wildman–Crippen MR) is 77.7 cm³/mol. The van der Waals surface area contributed by atoms with E-state index in [1.807, 2.05) is 18.2 Å². The number of aromatic hydroxyl groups is 1. The lowest BCUT2D eigenvalue weighted by Gasteiger charge is -2.09. The summed E-state index contributed by atoms with van der Waals surface area (Å²) in [5, 5.41) is 22.5. The summed E-state index contributed by atoms with van der Waals surface area (Å²) < 4.78 is 5.33. The molecule has 0 aliphatic rings. The molecular formula is C16H15NO3. The zero-order valence-electron chi connectivity index (χ0n) is 10.9. The van der Waals surface area contributed by atoms with Crippen molar-refractivity contribution in [3.63, 3.8) is 0 Å². The van der Waals surface area contributed by atoms with Gasteiger partial charge in [-0.25, -0.2) is 0 Å². The van der Waals surface area contributed by atoms with Crippen molar-refractivity contribution in [2.24, 2.45) is 5.16 Å². The fraction of sp³-hybridized carbons (Fsp3) is 0.0625. The third kappa shape index (κ3) is 2.98. The molecule has 0 aliphatic carbocycles. The van der Waals surface area contributed by atoms with Crippen LogP contribution in [0.25, 0.3) is 0 Å². The van der Waals surface area contributed by atoms with Crippen LogP contribution in [0.5, 0.6) is 11.5 Å². The van der Waals surface area contributed by atoms with Gasteiger partial charge in [0.05, 0.1) is 0 Å². The smallest absolute Gasteiger partial charge is 0.128 e. The van der Waals surface area contributed by atoms with E-state index in [0.717, 1.165) is 0 Å². The normalized spacial score (nSPS) is 11.1. The lowest BCUT2D eigenvalue weighted by atomic mass is 10.0. The van der Waals surface area contributed by atoms with Gasteiger partial charge < -0.3 is 15.1 Å². The Morgan fingerprint density at radius 1 is 1.20 bits per heavy atom. The number of phenolic OH excluding ortho intramolecular Hbond substituents is 1. The lowest BCUT2D eigenvalue weighted by molar-refractivity contribution is 0.319. The second-order valence-electron chi connectivity index (χ2n) is 4.09. The van der Waals surface area contributed by atoms with E-state index in [0.29, 0.717) is 29.2 Å². The van der Waals surface area contributed by atoms with Crippen LogP contribution in [-0.2, 0) is 0 Å². The molecule has 102 valence electrons. The minimum Gasteiger partial charge on any atom is -0.507 e. The molecule has 0 radical (unpaired) electrons. The van der Waals surface area contributed by atoms with Crippen molar-refractivity contribution >= 4 is 5.71 Å². The summed E-state index contributed by atoms with van der Waals surface area (Å²) in [4.78, 5) is 0. The van der Waals surface area contributed by atoms with E-state index in [-0.39, 0.29) is 5.75 Å². The van der Waals surface area contributed by atoms with E-state index in [1.165, 1.54) is 6.07 Å². The van der Waals surface area contributed by atoms with Gasteiger partial charge in [0.2, 0.25) is 0 Å². The molecule has 0 bridgehead atoms. The van der Waals surface area contributed by atoms with Crippen LogP contribution in [-0.4, -0.2) is 22.6 Å². The first-order valence-corrected chi connectivity index (χ1v) is 6.11. The van der Waals surface area contributed by atoms with Gasteiger partial charge in [0.1, 0.15) is 23.8 Å². The van der Waals surface area contributed by atoms with E-state index in [1.54, 1.807) is 30.3 Å². The van der Waals surface area contributed by atoms with Crippen LogP contribution in [0.3, 0.4) is 0 Å². The lowest BCUT2D eigenvalue weighted by Crippen LogP contribution is -2.04. The number of hydrogen-bond acceptors (Lipinski definition) is 4. The monoisotopic (exact) mass is 269 g/mol. The first kappa shape index (κ1) is 13.7. The molecule has 0 heterocycles. The van der Waals surface area contributed by atoms with Gasteiger partial charge >= 0.3 is 0 Å². The van der Waals surface area contributed by atoms with E-state index in [2.05, 4.69) is 11.7 Å². The number of oxime groups is 1. The Morgan fingerprint density at radius 2 is 1.95 bits per heavy atom. The van der Waals surface area contributed by atoms with Crippen molar-refractivity contribution in [1.82, 2.24) is 0 Å². The molecule has 2 aromatic carbocycles. The topological polar surface area (TPSA) is 62.0 Å². The fourth-order valence-electron chi connectivity index (χ4n) is 1.82. The molecule has 0 saturated heterocycles. The third-order valence-corrected chi connectivity index (χ3v) is 2.74. The average molecular weight is 269 g/mol. The van der Waals surface area contributed by atoms with Crippen LogP contribution in [0, 0.1) is 0 Å². The molecule has 0 atom stereocenters. The van der Waals surface area contributed by atoms with E-state index >= 15 is 0 Å². The van der Waals surface area contributed by atoms with Gasteiger partial charge in [-0.3, -0.25) is 0 Å². The predicted octanol–water partition coefficient (Wildman–Crippen LogP) is 3.18. The van der Waals surface area contributed by atoms with Crippen molar-refractivity contribution in [3.8, 4) is 11.5 Å². The maximum Gasteiger partial charge on any atom is 0.128 e. The molecule has 0 amide bonds. The molecule has 0 saturated carbocycles. The molecule has 4 nitrogen and oxygen atoms in total. The summed E-state index contributed by atoms with van der Waals surface area (Å²) in [7, 11) is 0. The molecular weight excluding hydrogens is 254 g/mol. The highest BCUT2D eigenvalue weighted by Crippen LogP contribution is 2.26. The van der Waals surface area contributed by atoms with Crippen LogP contribution in [0.1, 0.15) is 11.1 Å². The zero-order valence-corrected chi connectivity index (χ0v) is 10.9. The van der Waals surface area contributed by atoms with Crippen molar-refractivity contribution in [2.45, 2.75) is 0 Å². The number of phenols is 1. The van der Waals surface area contributed by atoms with Crippen LogP contribution < -0.4 is 4.74 Å². The van der Waals surface area contributed by atoms with Crippen LogP contribution in [0.4, 0.5) is 0 Å². The molecule has 20 heavy (non-hydrogen) atoms. The third-order valence-electron chi connectivity index (χ3n) is 2.74. The number of rotatable bonds is 5. The molecule has 0 aliphatic heterocycles. The molecule has 2 aromatic rings. The van der Waals surface area contributed by atoms with Gasteiger partial charge in [0, 0.05) is 17.2 Å².